The Kier molecular flexibility index (Phi) is 4.92. The van der Waals surface area contributed by atoms with Gasteiger partial charge in [0.25, 0.3) is 5.91 Å². The lowest BCUT2D eigenvalue weighted by molar-refractivity contribution is 0.0989. The average Bonchev–Trinajstić information content (AvgIpc) is 3.06. The minimum atomic E-state index is -3.58. The van der Waals surface area contributed by atoms with Gasteiger partial charge in [-0.25, -0.2) is 8.42 Å². The molecule has 1 aliphatic heterocycles. The van der Waals surface area contributed by atoms with Crippen molar-refractivity contribution in [3.8, 4) is 0 Å². The number of benzene rings is 2. The van der Waals surface area contributed by atoms with Crippen molar-refractivity contribution in [2.24, 2.45) is 0 Å². The third-order valence-corrected chi connectivity index (χ3v) is 6.60. The maximum absolute atomic E-state index is 12.9. The largest absolute Gasteiger partial charge is 0.308 e. The van der Waals surface area contributed by atoms with E-state index in [9.17, 15) is 13.2 Å². The molecular formula is C19H22N2O3S. The second-order valence-corrected chi connectivity index (χ2v) is 7.89. The first-order valence-electron chi connectivity index (χ1n) is 8.49. The van der Waals surface area contributed by atoms with Crippen molar-refractivity contribution in [1.82, 2.24) is 4.31 Å². The van der Waals surface area contributed by atoms with Crippen LogP contribution in [0.3, 0.4) is 0 Å². The van der Waals surface area contributed by atoms with Crippen molar-refractivity contribution in [2.45, 2.75) is 25.2 Å². The topological polar surface area (TPSA) is 57.7 Å². The molecule has 0 aromatic heterocycles. The molecule has 6 heteroatoms. The van der Waals surface area contributed by atoms with Gasteiger partial charge < -0.3 is 4.90 Å². The molecule has 0 N–H and O–H groups in total. The molecule has 0 radical (unpaired) electrons. The Labute approximate surface area is 148 Å². The number of rotatable bonds is 5. The van der Waals surface area contributed by atoms with Crippen molar-refractivity contribution in [2.75, 3.05) is 24.5 Å². The van der Waals surface area contributed by atoms with Crippen LogP contribution in [0.25, 0.3) is 0 Å². The monoisotopic (exact) mass is 358 g/mol. The summed E-state index contributed by atoms with van der Waals surface area (Å²) in [5.41, 5.74) is 2.44. The Morgan fingerprint density at radius 1 is 1.08 bits per heavy atom. The Balaban J connectivity index is 1.94. The Hall–Kier alpha value is -2.18. The van der Waals surface area contributed by atoms with Gasteiger partial charge in [-0.3, -0.25) is 4.79 Å². The van der Waals surface area contributed by atoms with Crippen LogP contribution in [-0.4, -0.2) is 38.3 Å². The van der Waals surface area contributed by atoms with E-state index in [0.29, 0.717) is 25.2 Å². The highest BCUT2D eigenvalue weighted by molar-refractivity contribution is 7.89. The number of para-hydroxylation sites is 1. The van der Waals surface area contributed by atoms with Gasteiger partial charge in [0.2, 0.25) is 10.0 Å². The quantitative estimate of drug-likeness (QED) is 0.826. The number of carbonyl (C=O) groups is 1. The van der Waals surface area contributed by atoms with Gasteiger partial charge in [0.1, 0.15) is 0 Å². The zero-order valence-electron chi connectivity index (χ0n) is 14.5. The van der Waals surface area contributed by atoms with Crippen LogP contribution in [0.1, 0.15) is 29.8 Å². The van der Waals surface area contributed by atoms with E-state index in [2.05, 4.69) is 0 Å². The molecule has 0 unspecified atom stereocenters. The van der Waals surface area contributed by atoms with Crippen molar-refractivity contribution in [1.29, 1.82) is 0 Å². The van der Waals surface area contributed by atoms with Crippen molar-refractivity contribution in [3.05, 3.63) is 59.7 Å². The van der Waals surface area contributed by atoms with Crippen molar-refractivity contribution in [3.63, 3.8) is 0 Å². The number of hydrogen-bond acceptors (Lipinski definition) is 3. The number of amides is 1. The Morgan fingerprint density at radius 3 is 2.52 bits per heavy atom. The molecule has 132 valence electrons. The second kappa shape index (κ2) is 6.98. The zero-order chi connectivity index (χ0) is 18.0. The first kappa shape index (κ1) is 17.6. The van der Waals surface area contributed by atoms with Gasteiger partial charge >= 0.3 is 0 Å². The van der Waals surface area contributed by atoms with Crippen LogP contribution < -0.4 is 4.90 Å². The molecule has 0 spiro atoms. The molecule has 3 rings (SSSR count). The highest BCUT2D eigenvalue weighted by Crippen LogP contribution is 2.29. The molecule has 5 nitrogen and oxygen atoms in total. The summed E-state index contributed by atoms with van der Waals surface area (Å²) < 4.78 is 26.8. The normalized spacial score (nSPS) is 14.0. The van der Waals surface area contributed by atoms with Crippen LogP contribution in [0.4, 0.5) is 5.69 Å². The van der Waals surface area contributed by atoms with Gasteiger partial charge in [-0.05, 0) is 36.2 Å². The van der Waals surface area contributed by atoms with E-state index in [1.165, 1.54) is 10.4 Å². The number of hydrogen-bond donors (Lipinski definition) is 0. The number of fused-ring (bicyclic) bond motifs is 1. The van der Waals surface area contributed by atoms with Gasteiger partial charge in [-0.1, -0.05) is 38.1 Å². The van der Waals surface area contributed by atoms with Crippen LogP contribution >= 0.6 is 0 Å². The van der Waals surface area contributed by atoms with Gasteiger partial charge in [0.15, 0.2) is 0 Å². The molecule has 2 aromatic carbocycles. The molecule has 1 heterocycles. The van der Waals surface area contributed by atoms with E-state index in [4.69, 9.17) is 0 Å². The van der Waals surface area contributed by atoms with E-state index in [-0.39, 0.29) is 10.8 Å². The lowest BCUT2D eigenvalue weighted by atomic mass is 10.1. The van der Waals surface area contributed by atoms with Gasteiger partial charge in [0.05, 0.1) is 4.90 Å². The zero-order valence-corrected chi connectivity index (χ0v) is 15.3. The summed E-state index contributed by atoms with van der Waals surface area (Å²) in [6.45, 7) is 5.02. The number of sulfonamides is 1. The molecule has 0 aliphatic carbocycles. The molecule has 0 saturated heterocycles. The van der Waals surface area contributed by atoms with E-state index in [1.54, 1.807) is 36.9 Å². The predicted octanol–water partition coefficient (Wildman–Crippen LogP) is 2.92. The second-order valence-electron chi connectivity index (χ2n) is 5.95. The van der Waals surface area contributed by atoms with Gasteiger partial charge in [-0.15, -0.1) is 0 Å². The van der Waals surface area contributed by atoms with Crippen molar-refractivity contribution >= 4 is 21.6 Å². The predicted molar refractivity (Wildman–Crippen MR) is 98.4 cm³/mol. The summed E-state index contributed by atoms with van der Waals surface area (Å²) in [5, 5.41) is 0. The standard InChI is InChI=1S/C19H22N2O3S/c1-3-20(4-2)25(23,24)17-10-7-9-16(14-17)19(22)21-13-12-15-8-5-6-11-18(15)21/h5-11,14H,3-4,12-13H2,1-2H3. The molecule has 1 amide bonds. The lowest BCUT2D eigenvalue weighted by Gasteiger charge is -2.20. The lowest BCUT2D eigenvalue weighted by Crippen LogP contribution is -2.31. The smallest absolute Gasteiger partial charge is 0.258 e. The molecular weight excluding hydrogens is 336 g/mol. The van der Waals surface area contributed by atoms with E-state index in [0.717, 1.165) is 17.7 Å². The summed E-state index contributed by atoms with van der Waals surface area (Å²) in [6, 6.07) is 14.1. The first-order chi connectivity index (χ1) is 12.0. The number of carbonyl (C=O) groups excluding carboxylic acids is 1. The van der Waals surface area contributed by atoms with E-state index >= 15 is 0 Å². The minimum absolute atomic E-state index is 0.162. The molecule has 0 fully saturated rings. The number of nitrogens with zero attached hydrogens (tertiary/aromatic N) is 2. The average molecular weight is 358 g/mol. The Morgan fingerprint density at radius 2 is 1.80 bits per heavy atom. The van der Waals surface area contributed by atoms with Gasteiger partial charge in [-0.2, -0.15) is 4.31 Å². The maximum Gasteiger partial charge on any atom is 0.258 e. The van der Waals surface area contributed by atoms with E-state index in [1.807, 2.05) is 24.3 Å². The number of anilines is 1. The summed E-state index contributed by atoms with van der Waals surface area (Å²) in [4.78, 5) is 14.8. The molecule has 2 aromatic rings. The molecule has 25 heavy (non-hydrogen) atoms. The third kappa shape index (κ3) is 3.19. The van der Waals surface area contributed by atoms with Crippen LogP contribution in [-0.2, 0) is 16.4 Å². The summed E-state index contributed by atoms with van der Waals surface area (Å²) in [6.07, 6.45) is 0.819. The summed E-state index contributed by atoms with van der Waals surface area (Å²) in [5.74, 6) is -0.165. The van der Waals surface area contributed by atoms with E-state index < -0.39 is 10.0 Å². The highest BCUT2D eigenvalue weighted by atomic mass is 32.2. The summed E-state index contributed by atoms with van der Waals surface area (Å²) in [7, 11) is -3.58. The third-order valence-electron chi connectivity index (χ3n) is 4.56. The molecule has 0 saturated carbocycles. The van der Waals surface area contributed by atoms with Crippen LogP contribution in [0, 0.1) is 0 Å². The first-order valence-corrected chi connectivity index (χ1v) is 9.93. The van der Waals surface area contributed by atoms with Crippen LogP contribution in [0.2, 0.25) is 0 Å². The SMILES string of the molecule is CCN(CC)S(=O)(=O)c1cccc(C(=O)N2CCc3ccccc32)c1. The van der Waals surface area contributed by atoms with Crippen LogP contribution in [0.15, 0.2) is 53.4 Å². The minimum Gasteiger partial charge on any atom is -0.308 e. The van der Waals surface area contributed by atoms with Crippen LogP contribution in [0.5, 0.6) is 0 Å². The van der Waals surface area contributed by atoms with Gasteiger partial charge in [0, 0.05) is 30.9 Å². The molecule has 1 aliphatic rings. The molecule has 0 atom stereocenters. The van der Waals surface area contributed by atoms with Crippen molar-refractivity contribution < 1.29 is 13.2 Å². The fraction of sp³-hybridized carbons (Fsp3) is 0.316. The fourth-order valence-electron chi connectivity index (χ4n) is 3.21. The summed E-state index contributed by atoms with van der Waals surface area (Å²) >= 11 is 0. The Bertz CT molecular complexity index is 889. The molecule has 0 bridgehead atoms. The fourth-order valence-corrected chi connectivity index (χ4v) is 4.71. The maximum atomic E-state index is 12.9. The highest BCUT2D eigenvalue weighted by Gasteiger charge is 2.27.